The van der Waals surface area contributed by atoms with E-state index >= 15 is 0 Å². The lowest BCUT2D eigenvalue weighted by Crippen LogP contribution is -2.51. The van der Waals surface area contributed by atoms with Gasteiger partial charge in [0.15, 0.2) is 0 Å². The van der Waals surface area contributed by atoms with E-state index in [1.807, 2.05) is 25.3 Å². The lowest BCUT2D eigenvalue weighted by Gasteiger charge is -2.34. The highest BCUT2D eigenvalue weighted by Gasteiger charge is 2.34. The second-order valence-electron chi connectivity index (χ2n) is 10.2. The van der Waals surface area contributed by atoms with E-state index in [-0.39, 0.29) is 5.56 Å². The van der Waals surface area contributed by atoms with Gasteiger partial charge in [0.05, 0.1) is 33.1 Å². The number of aromatic nitrogens is 5. The minimum atomic E-state index is -0.426. The third-order valence-electron chi connectivity index (χ3n) is 7.91. The lowest BCUT2D eigenvalue weighted by atomic mass is 9.93. The highest BCUT2D eigenvalue weighted by Crippen LogP contribution is 2.45. The van der Waals surface area contributed by atoms with Gasteiger partial charge in [0.25, 0.3) is 0 Å². The molecule has 2 N–H and O–H groups in total. The van der Waals surface area contributed by atoms with Crippen molar-refractivity contribution in [3.8, 4) is 23.6 Å². The van der Waals surface area contributed by atoms with Crippen LogP contribution >= 0.6 is 11.3 Å². The van der Waals surface area contributed by atoms with Crippen molar-refractivity contribution in [1.82, 2.24) is 30.5 Å². The maximum Gasteiger partial charge on any atom is 0.141 e. The molecule has 6 heterocycles. The molecule has 2 aliphatic rings. The number of aryl methyl sites for hydroxylation is 1. The van der Waals surface area contributed by atoms with E-state index in [9.17, 15) is 4.39 Å². The first-order valence-corrected chi connectivity index (χ1v) is 13.5. The van der Waals surface area contributed by atoms with Gasteiger partial charge in [-0.1, -0.05) is 12.0 Å². The number of benzene rings is 2. The Labute approximate surface area is 221 Å². The van der Waals surface area contributed by atoms with Crippen molar-refractivity contribution in [2.24, 2.45) is 0 Å². The predicted octanol–water partition coefficient (Wildman–Crippen LogP) is 5.31. The van der Waals surface area contributed by atoms with Gasteiger partial charge >= 0.3 is 0 Å². The number of anilines is 1. The minimum absolute atomic E-state index is 0.230. The number of terminal acetylenes is 1. The fourth-order valence-corrected chi connectivity index (χ4v) is 7.54. The summed E-state index contributed by atoms with van der Waals surface area (Å²) in [6.07, 6.45) is 11.8. The molecule has 0 spiro atoms. The number of aromatic amines is 1. The summed E-state index contributed by atoms with van der Waals surface area (Å²) in [6, 6.07) is 8.15. The molecule has 2 aromatic carbocycles. The minimum Gasteiger partial charge on any atom is -0.353 e. The number of hydrogen-bond acceptors (Lipinski definition) is 7. The molecule has 4 aromatic heterocycles. The van der Waals surface area contributed by atoms with E-state index in [4.69, 9.17) is 21.4 Å². The molecule has 2 saturated heterocycles. The number of fused-ring (bicyclic) bond motifs is 7. The Kier molecular flexibility index (Phi) is 4.57. The van der Waals surface area contributed by atoms with Gasteiger partial charge in [0.2, 0.25) is 0 Å². The third kappa shape index (κ3) is 3.04. The standard InChI is InChI=1S/C29H22FN7S/c1-3-18-21(30)7-4-15-10-22-20(11-32-36-22)24(23(15)18)26-27-19(8-9-31-26)25-28(33-14(2)34-29(25)38-27)37-12-16-5-6-17(13-37)35-16/h1,4,7-11,16-17,35H,5-6,12-13H2,2H3,(H,32,36). The molecule has 2 bridgehead atoms. The molecular weight excluding hydrogens is 497 g/mol. The summed E-state index contributed by atoms with van der Waals surface area (Å²) in [5.41, 5.74) is 2.60. The van der Waals surface area contributed by atoms with Crippen molar-refractivity contribution >= 4 is 59.1 Å². The molecule has 186 valence electrons. The van der Waals surface area contributed by atoms with E-state index in [2.05, 4.69) is 26.3 Å². The molecule has 2 aliphatic heterocycles. The third-order valence-corrected chi connectivity index (χ3v) is 9.02. The first kappa shape index (κ1) is 21.9. The van der Waals surface area contributed by atoms with E-state index in [0.717, 1.165) is 72.6 Å². The monoisotopic (exact) mass is 519 g/mol. The van der Waals surface area contributed by atoms with Gasteiger partial charge in [-0.15, -0.1) is 17.8 Å². The average Bonchev–Trinajstić information content (AvgIpc) is 3.63. The molecule has 9 heteroatoms. The van der Waals surface area contributed by atoms with Gasteiger partial charge < -0.3 is 10.2 Å². The quantitative estimate of drug-likeness (QED) is 0.302. The largest absolute Gasteiger partial charge is 0.353 e. The Morgan fingerprint density at radius 3 is 2.76 bits per heavy atom. The fourth-order valence-electron chi connectivity index (χ4n) is 6.33. The number of hydrogen-bond donors (Lipinski definition) is 2. The zero-order chi connectivity index (χ0) is 25.5. The summed E-state index contributed by atoms with van der Waals surface area (Å²) < 4.78 is 16.0. The van der Waals surface area contributed by atoms with Crippen molar-refractivity contribution in [2.75, 3.05) is 18.0 Å². The maximum absolute atomic E-state index is 15.0. The smallest absolute Gasteiger partial charge is 0.141 e. The molecular formula is C29H22FN7S. The van der Waals surface area contributed by atoms with Crippen LogP contribution in [0.1, 0.15) is 24.2 Å². The number of halogens is 1. The molecule has 0 aliphatic carbocycles. The Bertz CT molecular complexity index is 1970. The zero-order valence-electron chi connectivity index (χ0n) is 20.5. The molecule has 2 atom stereocenters. The Balaban J connectivity index is 1.46. The van der Waals surface area contributed by atoms with E-state index in [0.29, 0.717) is 17.5 Å². The number of nitrogens with one attached hydrogen (secondary N) is 2. The maximum atomic E-state index is 15.0. The van der Waals surface area contributed by atoms with Crippen LogP contribution in [0, 0.1) is 25.1 Å². The molecule has 8 rings (SSSR count). The highest BCUT2D eigenvalue weighted by molar-refractivity contribution is 7.26. The van der Waals surface area contributed by atoms with Gasteiger partial charge in [-0.05, 0) is 43.4 Å². The predicted molar refractivity (Wildman–Crippen MR) is 150 cm³/mol. The molecule has 6 aromatic rings. The molecule has 0 saturated carbocycles. The molecule has 38 heavy (non-hydrogen) atoms. The first-order chi connectivity index (χ1) is 18.6. The van der Waals surface area contributed by atoms with Crippen LogP contribution in [0.25, 0.3) is 53.2 Å². The second-order valence-corrected chi connectivity index (χ2v) is 11.2. The van der Waals surface area contributed by atoms with Gasteiger partial charge in [-0.2, -0.15) is 5.10 Å². The highest BCUT2D eigenvalue weighted by atomic mass is 32.1. The summed E-state index contributed by atoms with van der Waals surface area (Å²) >= 11 is 1.60. The molecule has 0 radical (unpaired) electrons. The summed E-state index contributed by atoms with van der Waals surface area (Å²) in [6.45, 7) is 3.81. The molecule has 0 amide bonds. The number of piperazine rings is 1. The van der Waals surface area contributed by atoms with E-state index in [1.54, 1.807) is 23.6 Å². The van der Waals surface area contributed by atoms with E-state index < -0.39 is 5.82 Å². The molecule has 7 nitrogen and oxygen atoms in total. The zero-order valence-corrected chi connectivity index (χ0v) is 21.4. The van der Waals surface area contributed by atoms with Crippen LogP contribution in [-0.4, -0.2) is 50.3 Å². The Hall–Kier alpha value is -4.13. The average molecular weight is 520 g/mol. The number of H-pyrrole nitrogens is 1. The van der Waals surface area contributed by atoms with Crippen LogP contribution in [0.3, 0.4) is 0 Å². The normalized spacial score (nSPS) is 19.2. The van der Waals surface area contributed by atoms with Crippen LogP contribution < -0.4 is 10.2 Å². The van der Waals surface area contributed by atoms with Crippen LogP contribution in [0.15, 0.2) is 36.7 Å². The second kappa shape index (κ2) is 7.93. The number of rotatable bonds is 2. The number of thiophene rings is 1. The van der Waals surface area contributed by atoms with Crippen LogP contribution in [0.2, 0.25) is 0 Å². The summed E-state index contributed by atoms with van der Waals surface area (Å²) in [4.78, 5) is 18.0. The molecule has 2 unspecified atom stereocenters. The summed E-state index contributed by atoms with van der Waals surface area (Å²) in [7, 11) is 0. The van der Waals surface area contributed by atoms with E-state index in [1.165, 1.54) is 18.9 Å². The molecule has 2 fully saturated rings. The number of pyridine rings is 1. The van der Waals surface area contributed by atoms with Crippen molar-refractivity contribution in [2.45, 2.75) is 31.8 Å². The summed E-state index contributed by atoms with van der Waals surface area (Å²) in [5, 5.41) is 15.5. The lowest BCUT2D eigenvalue weighted by molar-refractivity contribution is 0.464. The fraction of sp³-hybridized carbons (Fsp3) is 0.241. The van der Waals surface area contributed by atoms with Gasteiger partial charge in [-0.3, -0.25) is 10.1 Å². The summed E-state index contributed by atoms with van der Waals surface area (Å²) in [5.74, 6) is 3.89. The van der Waals surface area contributed by atoms with Crippen LogP contribution in [0.4, 0.5) is 10.2 Å². The van der Waals surface area contributed by atoms with Crippen molar-refractivity contribution in [3.63, 3.8) is 0 Å². The van der Waals surface area contributed by atoms with Gasteiger partial charge in [0.1, 0.15) is 22.3 Å². The SMILES string of the molecule is C#Cc1c(F)ccc2cc3[nH]ncc3c(-c3nccc4c3sc3nc(C)nc(N5CC6CCC(C5)N6)c34)c12. The van der Waals surface area contributed by atoms with Crippen molar-refractivity contribution in [1.29, 1.82) is 0 Å². The van der Waals surface area contributed by atoms with Crippen molar-refractivity contribution in [3.05, 3.63) is 53.9 Å². The van der Waals surface area contributed by atoms with Gasteiger partial charge in [0, 0.05) is 53.1 Å². The van der Waals surface area contributed by atoms with Crippen LogP contribution in [0.5, 0.6) is 0 Å². The first-order valence-electron chi connectivity index (χ1n) is 12.7. The van der Waals surface area contributed by atoms with Crippen molar-refractivity contribution < 1.29 is 4.39 Å². The van der Waals surface area contributed by atoms with Crippen LogP contribution in [-0.2, 0) is 0 Å². The van der Waals surface area contributed by atoms with Gasteiger partial charge in [-0.25, -0.2) is 14.4 Å². The Morgan fingerprint density at radius 1 is 1.11 bits per heavy atom. The Morgan fingerprint density at radius 2 is 1.95 bits per heavy atom. The topological polar surface area (TPSA) is 82.6 Å². The number of nitrogens with zero attached hydrogens (tertiary/aromatic N) is 5.